The van der Waals surface area contributed by atoms with Crippen molar-refractivity contribution in [2.24, 2.45) is 0 Å². The SMILES string of the molecule is CCN(Cc1ccc2c(c1)OCO2)C(=O)CCc1nc(-c2ccccn2)no1. The largest absolute Gasteiger partial charge is 0.454 e. The van der Waals surface area contributed by atoms with Gasteiger partial charge in [-0.3, -0.25) is 9.78 Å². The van der Waals surface area contributed by atoms with E-state index in [4.69, 9.17) is 14.0 Å². The van der Waals surface area contributed by atoms with Crippen LogP contribution in [0.2, 0.25) is 0 Å². The van der Waals surface area contributed by atoms with Gasteiger partial charge < -0.3 is 18.9 Å². The van der Waals surface area contributed by atoms with Gasteiger partial charge >= 0.3 is 0 Å². The van der Waals surface area contributed by atoms with Gasteiger partial charge in [0.05, 0.1) is 0 Å². The highest BCUT2D eigenvalue weighted by Gasteiger charge is 2.18. The van der Waals surface area contributed by atoms with Gasteiger partial charge in [0.1, 0.15) is 5.69 Å². The molecule has 0 aliphatic carbocycles. The molecule has 0 saturated heterocycles. The Morgan fingerprint density at radius 2 is 2.07 bits per heavy atom. The fourth-order valence-electron chi connectivity index (χ4n) is 2.96. The third kappa shape index (κ3) is 3.95. The first-order valence-electron chi connectivity index (χ1n) is 9.13. The lowest BCUT2D eigenvalue weighted by Crippen LogP contribution is -2.30. The number of rotatable bonds is 7. The summed E-state index contributed by atoms with van der Waals surface area (Å²) in [5.41, 5.74) is 1.64. The van der Waals surface area contributed by atoms with Gasteiger partial charge in [-0.25, -0.2) is 0 Å². The van der Waals surface area contributed by atoms with Crippen molar-refractivity contribution < 1.29 is 18.8 Å². The second-order valence-corrected chi connectivity index (χ2v) is 6.32. The molecule has 0 unspecified atom stereocenters. The molecule has 144 valence electrons. The number of aromatic nitrogens is 3. The second-order valence-electron chi connectivity index (χ2n) is 6.32. The number of aryl methyl sites for hydroxylation is 1. The van der Waals surface area contributed by atoms with E-state index in [0.717, 1.165) is 11.3 Å². The van der Waals surface area contributed by atoms with Crippen LogP contribution in [0.4, 0.5) is 0 Å². The lowest BCUT2D eigenvalue weighted by atomic mass is 10.1. The van der Waals surface area contributed by atoms with E-state index in [1.165, 1.54) is 0 Å². The Morgan fingerprint density at radius 3 is 2.89 bits per heavy atom. The summed E-state index contributed by atoms with van der Waals surface area (Å²) in [6, 6.07) is 11.2. The molecule has 0 bridgehead atoms. The number of carbonyl (C=O) groups is 1. The molecule has 1 aliphatic rings. The van der Waals surface area contributed by atoms with Crippen LogP contribution in [0.25, 0.3) is 11.5 Å². The van der Waals surface area contributed by atoms with Crippen LogP contribution in [-0.4, -0.2) is 39.3 Å². The van der Waals surface area contributed by atoms with Crippen molar-refractivity contribution >= 4 is 5.91 Å². The van der Waals surface area contributed by atoms with E-state index in [0.29, 0.717) is 49.1 Å². The maximum Gasteiger partial charge on any atom is 0.231 e. The Bertz CT molecular complexity index is 958. The summed E-state index contributed by atoms with van der Waals surface area (Å²) >= 11 is 0. The van der Waals surface area contributed by atoms with Crippen LogP contribution in [0.15, 0.2) is 47.1 Å². The predicted molar refractivity (Wildman–Crippen MR) is 99.5 cm³/mol. The van der Waals surface area contributed by atoms with E-state index in [9.17, 15) is 4.79 Å². The van der Waals surface area contributed by atoms with Gasteiger partial charge in [0.2, 0.25) is 24.4 Å². The van der Waals surface area contributed by atoms with Crippen molar-refractivity contribution in [1.29, 1.82) is 0 Å². The van der Waals surface area contributed by atoms with Crippen LogP contribution in [0.5, 0.6) is 11.5 Å². The van der Waals surface area contributed by atoms with E-state index >= 15 is 0 Å². The van der Waals surface area contributed by atoms with Crippen LogP contribution in [-0.2, 0) is 17.8 Å². The summed E-state index contributed by atoms with van der Waals surface area (Å²) < 4.78 is 16.0. The standard InChI is InChI=1S/C20H20N4O4/c1-2-24(12-14-6-7-16-17(11-14)27-13-26-16)19(25)9-8-18-22-20(23-28-18)15-5-3-4-10-21-15/h3-7,10-11H,2,8-9,12-13H2,1H3. The molecule has 1 amide bonds. The van der Waals surface area contributed by atoms with Crippen LogP contribution in [0, 0.1) is 0 Å². The predicted octanol–water partition coefficient (Wildman–Crippen LogP) is 2.84. The zero-order valence-electron chi connectivity index (χ0n) is 15.5. The molecular weight excluding hydrogens is 360 g/mol. The Hall–Kier alpha value is -3.42. The lowest BCUT2D eigenvalue weighted by molar-refractivity contribution is -0.131. The first-order chi connectivity index (χ1) is 13.7. The van der Waals surface area contributed by atoms with Crippen molar-refractivity contribution in [3.05, 3.63) is 54.0 Å². The van der Waals surface area contributed by atoms with Gasteiger partial charge in [-0.1, -0.05) is 17.3 Å². The van der Waals surface area contributed by atoms with Gasteiger partial charge in [0.15, 0.2) is 11.5 Å². The molecule has 0 spiro atoms. The molecule has 0 N–H and O–H groups in total. The van der Waals surface area contributed by atoms with Gasteiger partial charge in [0, 0.05) is 32.1 Å². The molecule has 8 heteroatoms. The summed E-state index contributed by atoms with van der Waals surface area (Å²) in [6.07, 6.45) is 2.35. The first kappa shape index (κ1) is 18.0. The molecule has 1 aromatic carbocycles. The van der Waals surface area contributed by atoms with Crippen LogP contribution in [0.1, 0.15) is 24.8 Å². The van der Waals surface area contributed by atoms with Crippen molar-refractivity contribution in [3.8, 4) is 23.0 Å². The Balaban J connectivity index is 1.35. The second kappa shape index (κ2) is 8.08. The first-order valence-corrected chi connectivity index (χ1v) is 9.13. The molecule has 0 fully saturated rings. The summed E-state index contributed by atoms with van der Waals surface area (Å²) in [7, 11) is 0. The summed E-state index contributed by atoms with van der Waals surface area (Å²) in [4.78, 5) is 22.9. The topological polar surface area (TPSA) is 90.6 Å². The monoisotopic (exact) mass is 380 g/mol. The van der Waals surface area contributed by atoms with Gasteiger partial charge in [0.25, 0.3) is 0 Å². The minimum atomic E-state index is 0.0257. The molecular formula is C20H20N4O4. The molecule has 8 nitrogen and oxygen atoms in total. The highest BCUT2D eigenvalue weighted by Crippen LogP contribution is 2.32. The average Bonchev–Trinajstić information content (AvgIpc) is 3.40. The average molecular weight is 380 g/mol. The minimum absolute atomic E-state index is 0.0257. The van der Waals surface area contributed by atoms with E-state index in [1.807, 2.05) is 43.3 Å². The number of nitrogens with zero attached hydrogens (tertiary/aromatic N) is 4. The van der Waals surface area contributed by atoms with Crippen molar-refractivity contribution in [2.75, 3.05) is 13.3 Å². The lowest BCUT2D eigenvalue weighted by Gasteiger charge is -2.21. The fourth-order valence-corrected chi connectivity index (χ4v) is 2.96. The molecule has 1 aliphatic heterocycles. The maximum atomic E-state index is 12.6. The molecule has 0 radical (unpaired) electrons. The van der Waals surface area contributed by atoms with Crippen molar-refractivity contribution in [2.45, 2.75) is 26.3 Å². The van der Waals surface area contributed by atoms with Crippen molar-refractivity contribution in [1.82, 2.24) is 20.0 Å². The smallest absolute Gasteiger partial charge is 0.231 e. The Morgan fingerprint density at radius 1 is 1.18 bits per heavy atom. The summed E-state index contributed by atoms with van der Waals surface area (Å²) in [5, 5.41) is 3.93. The summed E-state index contributed by atoms with van der Waals surface area (Å²) in [5.74, 6) is 2.33. The molecule has 0 atom stereocenters. The third-order valence-electron chi connectivity index (χ3n) is 4.46. The molecule has 28 heavy (non-hydrogen) atoms. The normalized spacial score (nSPS) is 12.2. The number of benzene rings is 1. The molecule has 2 aromatic heterocycles. The highest BCUT2D eigenvalue weighted by atomic mass is 16.7. The minimum Gasteiger partial charge on any atom is -0.454 e. The fraction of sp³-hybridized carbons (Fsp3) is 0.300. The van der Waals surface area contributed by atoms with Crippen LogP contribution in [0.3, 0.4) is 0 Å². The molecule has 0 saturated carbocycles. The van der Waals surface area contributed by atoms with Crippen LogP contribution < -0.4 is 9.47 Å². The number of ether oxygens (including phenoxy) is 2. The van der Waals surface area contributed by atoms with E-state index in [2.05, 4.69) is 15.1 Å². The summed E-state index contributed by atoms with van der Waals surface area (Å²) in [6.45, 7) is 3.31. The van der Waals surface area contributed by atoms with E-state index in [1.54, 1.807) is 11.1 Å². The Labute approximate surface area is 162 Å². The van der Waals surface area contributed by atoms with E-state index in [-0.39, 0.29) is 12.7 Å². The van der Waals surface area contributed by atoms with Crippen LogP contribution >= 0.6 is 0 Å². The van der Waals surface area contributed by atoms with Gasteiger partial charge in [-0.05, 0) is 36.8 Å². The van der Waals surface area contributed by atoms with Gasteiger partial charge in [-0.15, -0.1) is 0 Å². The zero-order chi connectivity index (χ0) is 19.3. The third-order valence-corrected chi connectivity index (χ3v) is 4.46. The molecule has 4 rings (SSSR count). The number of fused-ring (bicyclic) bond motifs is 1. The highest BCUT2D eigenvalue weighted by molar-refractivity contribution is 5.76. The molecule has 3 heterocycles. The zero-order valence-corrected chi connectivity index (χ0v) is 15.5. The van der Waals surface area contributed by atoms with E-state index < -0.39 is 0 Å². The maximum absolute atomic E-state index is 12.6. The quantitative estimate of drug-likeness (QED) is 0.622. The number of hydrogen-bond donors (Lipinski definition) is 0. The molecule has 3 aromatic rings. The Kier molecular flexibility index (Phi) is 5.18. The van der Waals surface area contributed by atoms with Gasteiger partial charge in [-0.2, -0.15) is 4.98 Å². The number of pyridine rings is 1. The van der Waals surface area contributed by atoms with Crippen molar-refractivity contribution in [3.63, 3.8) is 0 Å². The number of carbonyl (C=O) groups excluding carboxylic acids is 1. The number of hydrogen-bond acceptors (Lipinski definition) is 7. The number of amides is 1.